The van der Waals surface area contributed by atoms with Crippen molar-refractivity contribution in [3.63, 3.8) is 0 Å². The normalized spacial score (nSPS) is 19.3. The van der Waals surface area contributed by atoms with Crippen LogP contribution < -0.4 is 5.73 Å². The van der Waals surface area contributed by atoms with Crippen molar-refractivity contribution in [2.75, 3.05) is 5.73 Å². The molecule has 0 amide bonds. The highest BCUT2D eigenvalue weighted by Gasteiger charge is 2.31. The summed E-state index contributed by atoms with van der Waals surface area (Å²) in [7, 11) is 0. The zero-order valence-corrected chi connectivity index (χ0v) is 9.27. The van der Waals surface area contributed by atoms with Crippen molar-refractivity contribution in [1.82, 2.24) is 4.98 Å². The average Bonchev–Trinajstić information content (AvgIpc) is 2.19. The maximum atomic E-state index is 12.9. The number of nitrogens with two attached hydrogens (primary N) is 1. The molecule has 1 aliphatic rings. The zero-order valence-electron chi connectivity index (χ0n) is 8.51. The third-order valence-electron chi connectivity index (χ3n) is 2.60. The van der Waals surface area contributed by atoms with Crippen LogP contribution in [0.5, 0.6) is 0 Å². The second kappa shape index (κ2) is 4.01. The van der Waals surface area contributed by atoms with Crippen molar-refractivity contribution in [1.29, 1.82) is 0 Å². The monoisotopic (exact) mass is 244 g/mol. The number of nitrogen functional groups attached to an aromatic ring is 1. The molecule has 2 nitrogen and oxygen atoms in total. The maximum Gasteiger partial charge on any atom is 0.251 e. The van der Waals surface area contributed by atoms with E-state index in [0.717, 1.165) is 5.57 Å². The average molecular weight is 245 g/mol. The molecule has 0 unspecified atom stereocenters. The van der Waals surface area contributed by atoms with Gasteiger partial charge < -0.3 is 5.73 Å². The van der Waals surface area contributed by atoms with E-state index >= 15 is 0 Å². The van der Waals surface area contributed by atoms with E-state index in [1.807, 2.05) is 0 Å². The van der Waals surface area contributed by atoms with Crippen LogP contribution in [0.15, 0.2) is 18.3 Å². The quantitative estimate of drug-likeness (QED) is 0.821. The molecule has 0 fully saturated rings. The van der Waals surface area contributed by atoms with E-state index in [4.69, 9.17) is 17.3 Å². The Bertz CT molecular complexity index is 444. The Morgan fingerprint density at radius 1 is 1.44 bits per heavy atom. The lowest BCUT2D eigenvalue weighted by Gasteiger charge is -2.21. The fourth-order valence-corrected chi connectivity index (χ4v) is 1.90. The van der Waals surface area contributed by atoms with Crippen LogP contribution >= 0.6 is 11.6 Å². The highest BCUT2D eigenvalue weighted by molar-refractivity contribution is 6.30. The van der Waals surface area contributed by atoms with Gasteiger partial charge in [-0.1, -0.05) is 17.7 Å². The van der Waals surface area contributed by atoms with E-state index < -0.39 is 5.92 Å². The topological polar surface area (TPSA) is 38.9 Å². The Hall–Kier alpha value is -1.16. The van der Waals surface area contributed by atoms with Crippen molar-refractivity contribution < 1.29 is 8.78 Å². The van der Waals surface area contributed by atoms with Gasteiger partial charge in [-0.25, -0.2) is 8.78 Å². The molecule has 1 heterocycles. The molecule has 2 rings (SSSR count). The van der Waals surface area contributed by atoms with Gasteiger partial charge in [0.05, 0.1) is 16.4 Å². The molecular formula is C11H11ClF2N2. The molecule has 16 heavy (non-hydrogen) atoms. The SMILES string of the molecule is Nc1cc(Cl)cnc1C1=CCC(F)(F)CC1. The largest absolute Gasteiger partial charge is 0.397 e. The summed E-state index contributed by atoms with van der Waals surface area (Å²) in [6.07, 6.45) is 2.89. The van der Waals surface area contributed by atoms with Crippen molar-refractivity contribution in [3.05, 3.63) is 29.1 Å². The summed E-state index contributed by atoms with van der Waals surface area (Å²) < 4.78 is 25.9. The number of alkyl halides is 2. The number of allylic oxidation sites excluding steroid dienone is 2. The Morgan fingerprint density at radius 3 is 2.75 bits per heavy atom. The summed E-state index contributed by atoms with van der Waals surface area (Å²) in [4.78, 5) is 4.08. The Labute approximate surface area is 97.1 Å². The van der Waals surface area contributed by atoms with Crippen molar-refractivity contribution in [2.45, 2.75) is 25.2 Å². The Morgan fingerprint density at radius 2 is 2.19 bits per heavy atom. The maximum absolute atomic E-state index is 12.9. The van der Waals surface area contributed by atoms with Gasteiger partial charge in [0, 0.05) is 19.0 Å². The molecule has 1 aliphatic carbocycles. The predicted octanol–water partition coefficient (Wildman–Crippen LogP) is 3.52. The number of pyridine rings is 1. The van der Waals surface area contributed by atoms with Gasteiger partial charge in [-0.15, -0.1) is 0 Å². The molecule has 0 saturated heterocycles. The highest BCUT2D eigenvalue weighted by atomic mass is 35.5. The Balaban J connectivity index is 2.29. The van der Waals surface area contributed by atoms with E-state index in [-0.39, 0.29) is 12.8 Å². The van der Waals surface area contributed by atoms with Gasteiger partial charge in [0.1, 0.15) is 0 Å². The molecule has 0 atom stereocenters. The van der Waals surface area contributed by atoms with E-state index in [9.17, 15) is 8.78 Å². The molecule has 1 aromatic heterocycles. The predicted molar refractivity (Wildman–Crippen MR) is 60.4 cm³/mol. The first-order valence-electron chi connectivity index (χ1n) is 4.96. The molecular weight excluding hydrogens is 234 g/mol. The first-order chi connectivity index (χ1) is 7.48. The molecule has 0 spiro atoms. The molecule has 0 saturated carbocycles. The molecule has 1 aromatic rings. The second-order valence-corrected chi connectivity index (χ2v) is 4.32. The number of hydrogen-bond acceptors (Lipinski definition) is 2. The van der Waals surface area contributed by atoms with Crippen LogP contribution in [0.4, 0.5) is 14.5 Å². The summed E-state index contributed by atoms with van der Waals surface area (Å²) in [6, 6.07) is 1.58. The third-order valence-corrected chi connectivity index (χ3v) is 2.80. The van der Waals surface area contributed by atoms with Gasteiger partial charge in [-0.2, -0.15) is 0 Å². The summed E-state index contributed by atoms with van der Waals surface area (Å²) in [5.41, 5.74) is 7.53. The van der Waals surface area contributed by atoms with Crippen molar-refractivity contribution >= 4 is 22.9 Å². The van der Waals surface area contributed by atoms with E-state index in [1.165, 1.54) is 12.3 Å². The first kappa shape index (κ1) is 11.3. The number of nitrogens with zero attached hydrogens (tertiary/aromatic N) is 1. The van der Waals surface area contributed by atoms with Gasteiger partial charge in [-0.05, 0) is 18.1 Å². The molecule has 5 heteroatoms. The van der Waals surface area contributed by atoms with Crippen molar-refractivity contribution in [3.8, 4) is 0 Å². The molecule has 0 aromatic carbocycles. The molecule has 0 bridgehead atoms. The zero-order chi connectivity index (χ0) is 11.8. The molecule has 86 valence electrons. The number of aromatic nitrogens is 1. The molecule has 2 N–H and O–H groups in total. The van der Waals surface area contributed by atoms with Gasteiger partial charge >= 0.3 is 0 Å². The number of rotatable bonds is 1. The van der Waals surface area contributed by atoms with E-state index in [2.05, 4.69) is 4.98 Å². The number of anilines is 1. The lowest BCUT2D eigenvalue weighted by molar-refractivity contribution is -0.00605. The minimum Gasteiger partial charge on any atom is -0.397 e. The second-order valence-electron chi connectivity index (χ2n) is 3.88. The van der Waals surface area contributed by atoms with Crippen LogP contribution in [0.25, 0.3) is 5.57 Å². The van der Waals surface area contributed by atoms with Crippen molar-refractivity contribution in [2.24, 2.45) is 0 Å². The lowest BCUT2D eigenvalue weighted by Crippen LogP contribution is -2.18. The Kier molecular flexibility index (Phi) is 2.84. The van der Waals surface area contributed by atoms with Gasteiger partial charge in [0.15, 0.2) is 0 Å². The molecule has 0 aliphatic heterocycles. The van der Waals surface area contributed by atoms with E-state index in [1.54, 1.807) is 6.07 Å². The lowest BCUT2D eigenvalue weighted by atomic mass is 9.93. The van der Waals surface area contributed by atoms with Gasteiger partial charge in [-0.3, -0.25) is 4.98 Å². The van der Waals surface area contributed by atoms with Crippen LogP contribution in [0.3, 0.4) is 0 Å². The fraction of sp³-hybridized carbons (Fsp3) is 0.364. The summed E-state index contributed by atoms with van der Waals surface area (Å²) in [6.45, 7) is 0. The van der Waals surface area contributed by atoms with Crippen LogP contribution in [-0.2, 0) is 0 Å². The highest BCUT2D eigenvalue weighted by Crippen LogP contribution is 2.37. The van der Waals surface area contributed by atoms with Crippen LogP contribution in [0.2, 0.25) is 5.02 Å². The minimum atomic E-state index is -2.59. The smallest absolute Gasteiger partial charge is 0.251 e. The standard InChI is InChI=1S/C11H11ClF2N2/c12-8-5-9(15)10(16-6-8)7-1-3-11(13,14)4-2-7/h1,5-6H,2-4,15H2. The third kappa shape index (κ3) is 2.32. The number of halogens is 3. The van der Waals surface area contributed by atoms with E-state index in [0.29, 0.717) is 22.8 Å². The van der Waals surface area contributed by atoms with Gasteiger partial charge in [0.25, 0.3) is 5.92 Å². The number of hydrogen-bond donors (Lipinski definition) is 1. The summed E-state index contributed by atoms with van der Waals surface area (Å²) in [5, 5.41) is 0.447. The van der Waals surface area contributed by atoms with Gasteiger partial charge in [0.2, 0.25) is 0 Å². The minimum absolute atomic E-state index is 0.150. The first-order valence-corrected chi connectivity index (χ1v) is 5.34. The summed E-state index contributed by atoms with van der Waals surface area (Å²) in [5.74, 6) is -2.59. The fourth-order valence-electron chi connectivity index (χ4n) is 1.73. The van der Waals surface area contributed by atoms with Crippen LogP contribution in [0.1, 0.15) is 25.0 Å². The van der Waals surface area contributed by atoms with Crippen LogP contribution in [-0.4, -0.2) is 10.9 Å². The van der Waals surface area contributed by atoms with Crippen LogP contribution in [0, 0.1) is 0 Å². The summed E-state index contributed by atoms with van der Waals surface area (Å²) >= 11 is 5.72. The molecule has 0 radical (unpaired) electrons.